The van der Waals surface area contributed by atoms with Gasteiger partial charge in [-0.15, -0.1) is 0 Å². The molecule has 0 saturated heterocycles. The van der Waals surface area contributed by atoms with Crippen LogP contribution < -0.4 is 5.32 Å². The van der Waals surface area contributed by atoms with Gasteiger partial charge in [-0.3, -0.25) is 14.4 Å². The van der Waals surface area contributed by atoms with Crippen molar-refractivity contribution in [1.29, 1.82) is 0 Å². The monoisotopic (exact) mass is 400 g/mol. The third-order valence-corrected chi connectivity index (χ3v) is 4.50. The van der Waals surface area contributed by atoms with Crippen LogP contribution in [0.2, 0.25) is 5.02 Å². The van der Waals surface area contributed by atoms with Gasteiger partial charge >= 0.3 is 5.97 Å². The number of hydrogen-bond donors (Lipinski definition) is 1. The van der Waals surface area contributed by atoms with Crippen LogP contribution in [0.3, 0.4) is 0 Å². The fourth-order valence-corrected chi connectivity index (χ4v) is 2.85. The molecule has 0 bridgehead atoms. The zero-order valence-corrected chi connectivity index (χ0v) is 15.9. The predicted molar refractivity (Wildman–Crippen MR) is 101 cm³/mol. The Labute approximate surface area is 166 Å². The van der Waals surface area contributed by atoms with Gasteiger partial charge < -0.3 is 10.2 Å². The molecule has 8 heteroatoms. The zero-order chi connectivity index (χ0) is 20.4. The second-order valence-electron chi connectivity index (χ2n) is 6.56. The topological polar surface area (TPSA) is 92.8 Å². The molecule has 3 rings (SSSR count). The number of rotatable bonds is 5. The highest BCUT2D eigenvalue weighted by Gasteiger charge is 2.40. The molecule has 7 nitrogen and oxygen atoms in total. The Balaban J connectivity index is 1.74. The average Bonchev–Trinajstić information content (AvgIpc) is 2.91. The van der Waals surface area contributed by atoms with Gasteiger partial charge in [0.15, 0.2) is 0 Å². The van der Waals surface area contributed by atoms with Crippen molar-refractivity contribution in [1.82, 2.24) is 10.4 Å². The molecule has 0 fully saturated rings. The number of carbonyl (C=O) groups excluding carboxylic acids is 4. The number of benzene rings is 2. The van der Waals surface area contributed by atoms with Gasteiger partial charge in [-0.2, -0.15) is 0 Å². The molecule has 28 heavy (non-hydrogen) atoms. The number of imide groups is 1. The number of amides is 3. The first-order valence-electron chi connectivity index (χ1n) is 8.55. The average molecular weight is 401 g/mol. The fraction of sp³-hybridized carbons (Fsp3) is 0.200. The molecule has 1 heterocycles. The summed E-state index contributed by atoms with van der Waals surface area (Å²) in [7, 11) is 0. The summed E-state index contributed by atoms with van der Waals surface area (Å²) < 4.78 is 0. The van der Waals surface area contributed by atoms with E-state index in [0.29, 0.717) is 15.6 Å². The lowest BCUT2D eigenvalue weighted by Gasteiger charge is -2.22. The molecule has 3 amide bonds. The van der Waals surface area contributed by atoms with E-state index < -0.39 is 29.7 Å². The lowest BCUT2D eigenvalue weighted by molar-refractivity contribution is -0.172. The molecule has 144 valence electrons. The first-order valence-corrected chi connectivity index (χ1v) is 8.93. The summed E-state index contributed by atoms with van der Waals surface area (Å²) in [6, 6.07) is 11.3. The third kappa shape index (κ3) is 3.75. The lowest BCUT2D eigenvalue weighted by atomic mass is 10.0. The number of halogens is 1. The summed E-state index contributed by atoms with van der Waals surface area (Å²) in [6.07, 6.45) is 0. The molecular formula is C20H17ClN2O5. The summed E-state index contributed by atoms with van der Waals surface area (Å²) in [5, 5.41) is 3.47. The smallest absolute Gasteiger partial charge is 0.338 e. The fourth-order valence-electron chi connectivity index (χ4n) is 2.72. The molecule has 0 radical (unpaired) electrons. The van der Waals surface area contributed by atoms with Crippen molar-refractivity contribution in [2.75, 3.05) is 0 Å². The van der Waals surface area contributed by atoms with Crippen molar-refractivity contribution in [2.24, 2.45) is 5.92 Å². The first-order chi connectivity index (χ1) is 13.3. The van der Waals surface area contributed by atoms with Crippen molar-refractivity contribution < 1.29 is 24.0 Å². The van der Waals surface area contributed by atoms with Crippen LogP contribution in [-0.4, -0.2) is 34.8 Å². The summed E-state index contributed by atoms with van der Waals surface area (Å²) in [6.45, 7) is 3.41. The van der Waals surface area contributed by atoms with Crippen molar-refractivity contribution in [3.8, 4) is 0 Å². The maximum atomic E-state index is 12.6. The SMILES string of the molecule is CC(C)C(NC(=O)c1ccc(Cl)cc1)C(=O)ON1C(=O)c2ccccc2C1=O. The van der Waals surface area contributed by atoms with Gasteiger partial charge in [-0.05, 0) is 42.3 Å². The Bertz CT molecular complexity index is 920. The van der Waals surface area contributed by atoms with E-state index in [1.54, 1.807) is 38.1 Å². The van der Waals surface area contributed by atoms with Gasteiger partial charge in [0, 0.05) is 10.6 Å². The van der Waals surface area contributed by atoms with Crippen molar-refractivity contribution in [3.05, 3.63) is 70.2 Å². The molecule has 2 aromatic carbocycles. The Morgan fingerprint density at radius 2 is 1.50 bits per heavy atom. The van der Waals surface area contributed by atoms with Gasteiger partial charge in [0.2, 0.25) is 0 Å². The molecule has 1 atom stereocenters. The van der Waals surface area contributed by atoms with Crippen molar-refractivity contribution >= 4 is 35.3 Å². The largest absolute Gasteiger partial charge is 0.355 e. The summed E-state index contributed by atoms with van der Waals surface area (Å²) in [5.74, 6) is -3.21. The van der Waals surface area contributed by atoms with Crippen LogP contribution >= 0.6 is 11.6 Å². The number of fused-ring (bicyclic) bond motifs is 1. The molecule has 2 aromatic rings. The molecule has 0 spiro atoms. The maximum Gasteiger partial charge on any atom is 0.355 e. The third-order valence-electron chi connectivity index (χ3n) is 4.25. The van der Waals surface area contributed by atoms with E-state index in [4.69, 9.17) is 16.4 Å². The van der Waals surface area contributed by atoms with Crippen molar-refractivity contribution in [2.45, 2.75) is 19.9 Å². The van der Waals surface area contributed by atoms with Gasteiger partial charge in [0.1, 0.15) is 6.04 Å². The molecule has 1 aliphatic rings. The standard InChI is InChI=1S/C20H17ClN2O5/c1-11(2)16(22-17(24)12-7-9-13(21)10-8-12)20(27)28-23-18(25)14-5-3-4-6-15(14)19(23)26/h3-11,16H,1-2H3,(H,22,24). The Morgan fingerprint density at radius 1 is 0.964 bits per heavy atom. The zero-order valence-electron chi connectivity index (χ0n) is 15.1. The maximum absolute atomic E-state index is 12.6. The lowest BCUT2D eigenvalue weighted by Crippen LogP contribution is -2.48. The van der Waals surface area contributed by atoms with E-state index >= 15 is 0 Å². The molecule has 0 aliphatic carbocycles. The number of hydroxylamine groups is 2. The molecule has 1 aliphatic heterocycles. The van der Waals surface area contributed by atoms with E-state index in [0.717, 1.165) is 0 Å². The van der Waals surface area contributed by atoms with E-state index in [9.17, 15) is 19.2 Å². The normalized spacial score (nSPS) is 14.1. The second-order valence-corrected chi connectivity index (χ2v) is 7.00. The van der Waals surface area contributed by atoms with Crippen LogP contribution in [0.4, 0.5) is 0 Å². The molecule has 0 saturated carbocycles. The summed E-state index contributed by atoms with van der Waals surface area (Å²) in [4.78, 5) is 54.7. The molecule has 0 aromatic heterocycles. The molecule has 1 unspecified atom stereocenters. The van der Waals surface area contributed by atoms with Crippen LogP contribution in [0.15, 0.2) is 48.5 Å². The highest BCUT2D eigenvalue weighted by molar-refractivity contribution is 6.30. The quantitative estimate of drug-likeness (QED) is 0.779. The first kappa shape index (κ1) is 19.6. The molecule has 1 N–H and O–H groups in total. The van der Waals surface area contributed by atoms with Crippen molar-refractivity contribution in [3.63, 3.8) is 0 Å². The van der Waals surface area contributed by atoms with Crippen LogP contribution in [0.1, 0.15) is 44.9 Å². The number of carbonyl (C=O) groups is 4. The summed E-state index contributed by atoms with van der Waals surface area (Å²) >= 11 is 5.81. The van der Waals surface area contributed by atoms with Gasteiger partial charge in [-0.1, -0.05) is 42.6 Å². The van der Waals surface area contributed by atoms with Crippen LogP contribution in [0, 0.1) is 5.92 Å². The number of hydrogen-bond acceptors (Lipinski definition) is 5. The highest BCUT2D eigenvalue weighted by Crippen LogP contribution is 2.23. The minimum absolute atomic E-state index is 0.159. The van der Waals surface area contributed by atoms with E-state index in [1.807, 2.05) is 0 Å². The number of nitrogens with one attached hydrogen (secondary N) is 1. The van der Waals surface area contributed by atoms with E-state index in [1.165, 1.54) is 24.3 Å². The Hall–Kier alpha value is -3.19. The van der Waals surface area contributed by atoms with Crippen LogP contribution in [0.25, 0.3) is 0 Å². The Kier molecular flexibility index (Phi) is 5.46. The van der Waals surface area contributed by atoms with Gasteiger partial charge in [0.25, 0.3) is 17.7 Å². The van der Waals surface area contributed by atoms with Crippen LogP contribution in [0.5, 0.6) is 0 Å². The second kappa shape index (κ2) is 7.82. The minimum atomic E-state index is -1.06. The number of nitrogens with zero attached hydrogens (tertiary/aromatic N) is 1. The predicted octanol–water partition coefficient (Wildman–Crippen LogP) is 2.85. The van der Waals surface area contributed by atoms with E-state index in [2.05, 4.69) is 5.32 Å². The molecular weight excluding hydrogens is 384 g/mol. The Morgan fingerprint density at radius 3 is 2.00 bits per heavy atom. The van der Waals surface area contributed by atoms with Gasteiger partial charge in [0.05, 0.1) is 11.1 Å². The minimum Gasteiger partial charge on any atom is -0.338 e. The summed E-state index contributed by atoms with van der Waals surface area (Å²) in [5.41, 5.74) is 0.627. The highest BCUT2D eigenvalue weighted by atomic mass is 35.5. The van der Waals surface area contributed by atoms with Crippen LogP contribution in [-0.2, 0) is 9.63 Å². The van der Waals surface area contributed by atoms with E-state index in [-0.39, 0.29) is 17.0 Å². The van der Waals surface area contributed by atoms with Gasteiger partial charge in [-0.25, -0.2) is 4.79 Å².